The van der Waals surface area contributed by atoms with E-state index in [4.69, 9.17) is 9.47 Å². The summed E-state index contributed by atoms with van der Waals surface area (Å²) in [5.41, 5.74) is 0. The van der Waals surface area contributed by atoms with Crippen LogP contribution in [-0.2, 0) is 4.79 Å². The number of likely N-dealkylation sites (tertiary alicyclic amines) is 1. The van der Waals surface area contributed by atoms with Crippen LogP contribution < -0.4 is 9.47 Å². The van der Waals surface area contributed by atoms with Crippen LogP contribution in [0, 0.1) is 17.8 Å². The average molecular weight is 329 g/mol. The van der Waals surface area contributed by atoms with Gasteiger partial charge in [-0.1, -0.05) is 12.2 Å². The summed E-state index contributed by atoms with van der Waals surface area (Å²) >= 11 is 0. The number of carbonyl (C=O) groups is 1. The van der Waals surface area contributed by atoms with Gasteiger partial charge in [0.15, 0.2) is 0 Å². The highest BCUT2D eigenvalue weighted by atomic mass is 16.5. The fourth-order valence-corrected chi connectivity index (χ4v) is 4.18. The van der Waals surface area contributed by atoms with Gasteiger partial charge in [-0.2, -0.15) is 0 Å². The van der Waals surface area contributed by atoms with Crippen LogP contribution in [0.4, 0.5) is 0 Å². The molecule has 1 saturated heterocycles. The number of nitrogens with zero attached hydrogens (tertiary/aromatic N) is 3. The van der Waals surface area contributed by atoms with Crippen LogP contribution >= 0.6 is 0 Å². The molecule has 1 aliphatic heterocycles. The Hall–Kier alpha value is -2.11. The Morgan fingerprint density at radius 2 is 2.04 bits per heavy atom. The average Bonchev–Trinajstić information content (AvgIpc) is 3.25. The van der Waals surface area contributed by atoms with Gasteiger partial charge in [-0.05, 0) is 37.5 Å². The molecular formula is C18H23N3O3. The molecule has 3 aliphatic rings. The van der Waals surface area contributed by atoms with E-state index in [1.807, 2.05) is 4.90 Å². The lowest BCUT2D eigenvalue weighted by Gasteiger charge is -2.35. The van der Waals surface area contributed by atoms with Crippen LogP contribution in [0.1, 0.15) is 25.7 Å². The Kier molecular flexibility index (Phi) is 4.12. The summed E-state index contributed by atoms with van der Waals surface area (Å²) in [6.07, 6.45) is 8.59. The van der Waals surface area contributed by atoms with Crippen molar-refractivity contribution in [1.82, 2.24) is 15.1 Å². The number of hydrogen-bond acceptors (Lipinski definition) is 5. The van der Waals surface area contributed by atoms with E-state index >= 15 is 0 Å². The Morgan fingerprint density at radius 3 is 2.71 bits per heavy atom. The zero-order chi connectivity index (χ0) is 16.5. The Bertz CT molecular complexity index is 631. The molecule has 0 aromatic carbocycles. The van der Waals surface area contributed by atoms with Crippen molar-refractivity contribution in [2.45, 2.75) is 31.8 Å². The van der Waals surface area contributed by atoms with Gasteiger partial charge in [0.1, 0.15) is 6.10 Å². The summed E-state index contributed by atoms with van der Waals surface area (Å²) in [5.74, 6) is 2.51. The highest BCUT2D eigenvalue weighted by Gasteiger charge is 2.42. The number of ether oxygens (including phenoxy) is 2. The number of fused-ring (bicyclic) bond motifs is 2. The van der Waals surface area contributed by atoms with Crippen LogP contribution in [0.15, 0.2) is 24.3 Å². The van der Waals surface area contributed by atoms with E-state index in [-0.39, 0.29) is 12.0 Å². The lowest BCUT2D eigenvalue weighted by Crippen LogP contribution is -2.47. The number of rotatable bonds is 4. The van der Waals surface area contributed by atoms with E-state index in [1.54, 1.807) is 19.2 Å². The van der Waals surface area contributed by atoms with Gasteiger partial charge in [-0.3, -0.25) is 4.79 Å². The van der Waals surface area contributed by atoms with Gasteiger partial charge in [-0.25, -0.2) is 0 Å². The molecule has 1 aromatic rings. The third-order valence-corrected chi connectivity index (χ3v) is 5.40. The van der Waals surface area contributed by atoms with Crippen molar-refractivity contribution in [3.05, 3.63) is 24.3 Å². The van der Waals surface area contributed by atoms with E-state index in [1.165, 1.54) is 0 Å². The highest BCUT2D eigenvalue weighted by molar-refractivity contribution is 5.80. The molecule has 0 radical (unpaired) electrons. The first-order valence-electron chi connectivity index (χ1n) is 8.74. The number of hydrogen-bond donors (Lipinski definition) is 0. The van der Waals surface area contributed by atoms with Crippen LogP contribution in [0.5, 0.6) is 11.8 Å². The van der Waals surface area contributed by atoms with E-state index in [0.29, 0.717) is 36.0 Å². The van der Waals surface area contributed by atoms with E-state index in [0.717, 1.165) is 32.2 Å². The first-order chi connectivity index (χ1) is 11.7. The minimum Gasteiger partial charge on any atom is -0.480 e. The quantitative estimate of drug-likeness (QED) is 0.791. The summed E-state index contributed by atoms with van der Waals surface area (Å²) in [7, 11) is 1.56. The topological polar surface area (TPSA) is 64.6 Å². The molecule has 0 N–H and O–H groups in total. The van der Waals surface area contributed by atoms with E-state index < -0.39 is 0 Å². The highest BCUT2D eigenvalue weighted by Crippen LogP contribution is 2.44. The second-order valence-corrected chi connectivity index (χ2v) is 6.97. The molecule has 4 unspecified atom stereocenters. The molecule has 2 fully saturated rings. The molecule has 0 spiro atoms. The molecule has 128 valence electrons. The summed E-state index contributed by atoms with van der Waals surface area (Å²) in [6.45, 7) is 1.48. The normalized spacial score (nSPS) is 31.3. The Labute approximate surface area is 141 Å². The van der Waals surface area contributed by atoms with Crippen LogP contribution in [0.25, 0.3) is 0 Å². The summed E-state index contributed by atoms with van der Waals surface area (Å²) < 4.78 is 10.9. The number of methoxy groups -OCH3 is 1. The molecule has 4 atom stereocenters. The van der Waals surface area contributed by atoms with Gasteiger partial charge >= 0.3 is 0 Å². The SMILES string of the molecule is COc1ccc(OC2CCCN(C(=O)C3CC4C=CC3C4)C2)nn1. The van der Waals surface area contributed by atoms with Gasteiger partial charge < -0.3 is 14.4 Å². The second-order valence-electron chi connectivity index (χ2n) is 6.97. The minimum absolute atomic E-state index is 0.0143. The lowest BCUT2D eigenvalue weighted by molar-refractivity contribution is -0.139. The van der Waals surface area contributed by atoms with Crippen LogP contribution in [0.2, 0.25) is 0 Å². The predicted octanol–water partition coefficient (Wildman–Crippen LogP) is 2.07. The molecule has 2 heterocycles. The third-order valence-electron chi connectivity index (χ3n) is 5.40. The van der Waals surface area contributed by atoms with Crippen molar-refractivity contribution in [1.29, 1.82) is 0 Å². The first-order valence-corrected chi connectivity index (χ1v) is 8.74. The minimum atomic E-state index is -0.0143. The maximum atomic E-state index is 12.9. The molecule has 2 aliphatic carbocycles. The Balaban J connectivity index is 1.36. The van der Waals surface area contributed by atoms with Crippen molar-refractivity contribution in [2.24, 2.45) is 17.8 Å². The van der Waals surface area contributed by atoms with Gasteiger partial charge in [0, 0.05) is 24.6 Å². The molecule has 1 amide bonds. The van der Waals surface area contributed by atoms with Crippen molar-refractivity contribution >= 4 is 5.91 Å². The van der Waals surface area contributed by atoms with Crippen molar-refractivity contribution in [2.75, 3.05) is 20.2 Å². The zero-order valence-corrected chi connectivity index (χ0v) is 13.9. The molecule has 4 rings (SSSR count). The number of aromatic nitrogens is 2. The molecule has 1 aromatic heterocycles. The molecule has 2 bridgehead atoms. The van der Waals surface area contributed by atoms with Crippen molar-refractivity contribution in [3.8, 4) is 11.8 Å². The molecule has 6 nitrogen and oxygen atoms in total. The number of carbonyl (C=O) groups excluding carboxylic acids is 1. The van der Waals surface area contributed by atoms with Gasteiger partial charge in [-0.15, -0.1) is 10.2 Å². The zero-order valence-electron chi connectivity index (χ0n) is 13.9. The lowest BCUT2D eigenvalue weighted by atomic mass is 9.91. The van der Waals surface area contributed by atoms with Crippen molar-refractivity contribution < 1.29 is 14.3 Å². The largest absolute Gasteiger partial charge is 0.480 e. The van der Waals surface area contributed by atoms with E-state index in [9.17, 15) is 4.79 Å². The first kappa shape index (κ1) is 15.4. The second kappa shape index (κ2) is 6.42. The smallest absolute Gasteiger partial charge is 0.233 e. The molecule has 24 heavy (non-hydrogen) atoms. The fourth-order valence-electron chi connectivity index (χ4n) is 4.18. The number of amides is 1. The predicted molar refractivity (Wildman–Crippen MR) is 87.7 cm³/mol. The Morgan fingerprint density at radius 1 is 1.21 bits per heavy atom. The third kappa shape index (κ3) is 2.97. The maximum Gasteiger partial charge on any atom is 0.233 e. The summed E-state index contributed by atoms with van der Waals surface area (Å²) in [4.78, 5) is 14.9. The fraction of sp³-hybridized carbons (Fsp3) is 0.611. The monoisotopic (exact) mass is 329 g/mol. The number of allylic oxidation sites excluding steroid dienone is 2. The maximum absolute atomic E-state index is 12.9. The molecule has 1 saturated carbocycles. The van der Waals surface area contributed by atoms with Gasteiger partial charge in [0.2, 0.25) is 17.7 Å². The standard InChI is InChI=1S/C18H23N3O3/c1-23-16-6-7-17(20-19-16)24-14-3-2-8-21(11-14)18(22)15-10-12-4-5-13(15)9-12/h4-7,12-15H,2-3,8-11H2,1H3. The van der Waals surface area contributed by atoms with Crippen LogP contribution in [-0.4, -0.2) is 47.3 Å². The van der Waals surface area contributed by atoms with E-state index in [2.05, 4.69) is 22.3 Å². The number of piperidine rings is 1. The molecule has 6 heteroatoms. The van der Waals surface area contributed by atoms with Gasteiger partial charge in [0.05, 0.1) is 13.7 Å². The molecular weight excluding hydrogens is 306 g/mol. The van der Waals surface area contributed by atoms with Crippen molar-refractivity contribution in [3.63, 3.8) is 0 Å². The van der Waals surface area contributed by atoms with Crippen LogP contribution in [0.3, 0.4) is 0 Å². The van der Waals surface area contributed by atoms with Gasteiger partial charge in [0.25, 0.3) is 0 Å². The summed E-state index contributed by atoms with van der Waals surface area (Å²) in [5, 5.41) is 7.93. The summed E-state index contributed by atoms with van der Waals surface area (Å²) in [6, 6.07) is 3.49.